The summed E-state index contributed by atoms with van der Waals surface area (Å²) in [6, 6.07) is -0.747. The molecule has 3 N–H and O–H groups in total. The summed E-state index contributed by atoms with van der Waals surface area (Å²) in [4.78, 5) is 10.1. The summed E-state index contributed by atoms with van der Waals surface area (Å²) in [5.41, 5.74) is 5.21. The number of carbonyl (C=O) groups is 1. The second-order valence-corrected chi connectivity index (χ2v) is 2.06. The lowest BCUT2D eigenvalue weighted by Crippen LogP contribution is -2.29. The Morgan fingerprint density at radius 3 is 2.70 bits per heavy atom. The summed E-state index contributed by atoms with van der Waals surface area (Å²) in [6.45, 7) is 1.99. The highest BCUT2D eigenvalue weighted by molar-refractivity contribution is 5.73. The first-order chi connectivity index (χ1) is 4.68. The van der Waals surface area contributed by atoms with Crippen LogP contribution in [0.2, 0.25) is 0 Å². The summed E-state index contributed by atoms with van der Waals surface area (Å²) < 4.78 is 0. The van der Waals surface area contributed by atoms with Crippen molar-refractivity contribution in [3.63, 3.8) is 0 Å². The van der Waals surface area contributed by atoms with Gasteiger partial charge in [0.15, 0.2) is 0 Å². The van der Waals surface area contributed by atoms with Gasteiger partial charge in [-0.3, -0.25) is 4.79 Å². The predicted octanol–water partition coefficient (Wildman–Crippen LogP) is 0.755. The van der Waals surface area contributed by atoms with E-state index in [2.05, 4.69) is 0 Å². The highest BCUT2D eigenvalue weighted by Gasteiger charge is 2.07. The fraction of sp³-hybridized carbons (Fsp3) is 0.571. The zero-order valence-corrected chi connectivity index (χ0v) is 6.08. The lowest BCUT2D eigenvalue weighted by molar-refractivity contribution is -0.138. The molecule has 10 heavy (non-hydrogen) atoms. The number of hydrogen-bond donors (Lipinski definition) is 2. The molecular formula is C7H13NO2. The van der Waals surface area contributed by atoms with Crippen LogP contribution < -0.4 is 5.73 Å². The van der Waals surface area contributed by atoms with Gasteiger partial charge < -0.3 is 10.8 Å². The van der Waals surface area contributed by atoms with Gasteiger partial charge in [0.1, 0.15) is 6.04 Å². The molecule has 0 aliphatic carbocycles. The quantitative estimate of drug-likeness (QED) is 0.571. The van der Waals surface area contributed by atoms with Gasteiger partial charge in [-0.2, -0.15) is 0 Å². The van der Waals surface area contributed by atoms with Crippen molar-refractivity contribution in [2.75, 3.05) is 0 Å². The van der Waals surface area contributed by atoms with Gasteiger partial charge in [0.2, 0.25) is 0 Å². The second-order valence-electron chi connectivity index (χ2n) is 2.06. The minimum Gasteiger partial charge on any atom is -0.480 e. The monoisotopic (exact) mass is 143 g/mol. The molecular weight excluding hydrogens is 130 g/mol. The zero-order valence-electron chi connectivity index (χ0n) is 6.08. The molecule has 0 aromatic rings. The van der Waals surface area contributed by atoms with E-state index in [0.29, 0.717) is 6.42 Å². The smallest absolute Gasteiger partial charge is 0.320 e. The molecule has 0 saturated heterocycles. The van der Waals surface area contributed by atoms with Gasteiger partial charge in [0.05, 0.1) is 0 Å². The SMILES string of the molecule is CC/C=C/C[C@H](N)C(=O)O. The first kappa shape index (κ1) is 9.17. The number of rotatable bonds is 4. The second kappa shape index (κ2) is 4.99. The summed E-state index contributed by atoms with van der Waals surface area (Å²) in [5.74, 6) is -0.944. The van der Waals surface area contributed by atoms with Crippen LogP contribution in [0.5, 0.6) is 0 Å². The molecule has 58 valence electrons. The molecule has 0 radical (unpaired) electrons. The molecule has 0 aromatic heterocycles. The Morgan fingerprint density at radius 2 is 2.30 bits per heavy atom. The third kappa shape index (κ3) is 4.09. The standard InChI is InChI=1S/C7H13NO2/c1-2-3-4-5-6(8)7(9)10/h3-4,6H,2,5,8H2,1H3,(H,9,10)/b4-3+/t6-/m0/s1. The van der Waals surface area contributed by atoms with E-state index in [1.165, 1.54) is 0 Å². The average molecular weight is 143 g/mol. The highest BCUT2D eigenvalue weighted by Crippen LogP contribution is 1.91. The van der Waals surface area contributed by atoms with Crippen molar-refractivity contribution in [2.45, 2.75) is 25.8 Å². The van der Waals surface area contributed by atoms with E-state index in [-0.39, 0.29) is 0 Å². The van der Waals surface area contributed by atoms with E-state index >= 15 is 0 Å². The summed E-state index contributed by atoms with van der Waals surface area (Å²) in [7, 11) is 0. The van der Waals surface area contributed by atoms with Crippen LogP contribution in [0, 0.1) is 0 Å². The van der Waals surface area contributed by atoms with E-state index in [1.807, 2.05) is 13.0 Å². The predicted molar refractivity (Wildman–Crippen MR) is 39.7 cm³/mol. The summed E-state index contributed by atoms with van der Waals surface area (Å²) >= 11 is 0. The minimum absolute atomic E-state index is 0.420. The molecule has 0 amide bonds. The van der Waals surface area contributed by atoms with Crippen molar-refractivity contribution >= 4 is 5.97 Å². The molecule has 0 rings (SSSR count). The maximum atomic E-state index is 10.1. The van der Waals surface area contributed by atoms with Crippen molar-refractivity contribution in [1.29, 1.82) is 0 Å². The highest BCUT2D eigenvalue weighted by atomic mass is 16.4. The van der Waals surface area contributed by atoms with Crippen LogP contribution in [0.4, 0.5) is 0 Å². The largest absolute Gasteiger partial charge is 0.480 e. The molecule has 0 bridgehead atoms. The Bertz CT molecular complexity index is 132. The van der Waals surface area contributed by atoms with Crippen LogP contribution in [0.15, 0.2) is 12.2 Å². The zero-order chi connectivity index (χ0) is 7.98. The van der Waals surface area contributed by atoms with Crippen molar-refractivity contribution in [1.82, 2.24) is 0 Å². The Labute approximate surface area is 60.5 Å². The molecule has 0 aliphatic heterocycles. The number of hydrogen-bond acceptors (Lipinski definition) is 2. The molecule has 0 saturated carbocycles. The van der Waals surface area contributed by atoms with Crippen LogP contribution in [0.3, 0.4) is 0 Å². The number of carboxylic acid groups (broad SMARTS) is 1. The lowest BCUT2D eigenvalue weighted by atomic mass is 10.2. The molecule has 1 atom stereocenters. The van der Waals surface area contributed by atoms with E-state index in [4.69, 9.17) is 10.8 Å². The van der Waals surface area contributed by atoms with Crippen molar-refractivity contribution < 1.29 is 9.90 Å². The van der Waals surface area contributed by atoms with Gasteiger partial charge in [-0.25, -0.2) is 0 Å². The lowest BCUT2D eigenvalue weighted by Gasteiger charge is -1.99. The van der Waals surface area contributed by atoms with Gasteiger partial charge in [-0.05, 0) is 12.8 Å². The minimum atomic E-state index is -0.944. The Balaban J connectivity index is 3.48. The van der Waals surface area contributed by atoms with Gasteiger partial charge in [-0.1, -0.05) is 19.1 Å². The third-order valence-electron chi connectivity index (χ3n) is 1.11. The molecule has 0 spiro atoms. The molecule has 3 heteroatoms. The fourth-order valence-electron chi connectivity index (χ4n) is 0.510. The van der Waals surface area contributed by atoms with Crippen molar-refractivity contribution in [3.8, 4) is 0 Å². The number of carboxylic acids is 1. The molecule has 3 nitrogen and oxygen atoms in total. The number of aliphatic carboxylic acids is 1. The normalized spacial score (nSPS) is 13.8. The first-order valence-electron chi connectivity index (χ1n) is 3.31. The summed E-state index contributed by atoms with van der Waals surface area (Å²) in [6.07, 6.45) is 5.04. The maximum absolute atomic E-state index is 10.1. The maximum Gasteiger partial charge on any atom is 0.320 e. The first-order valence-corrected chi connectivity index (χ1v) is 3.31. The van der Waals surface area contributed by atoms with Crippen LogP contribution >= 0.6 is 0 Å². The van der Waals surface area contributed by atoms with Gasteiger partial charge in [0, 0.05) is 0 Å². The average Bonchev–Trinajstić information content (AvgIpc) is 1.88. The van der Waals surface area contributed by atoms with Crippen LogP contribution in [0.1, 0.15) is 19.8 Å². The van der Waals surface area contributed by atoms with Crippen LogP contribution in [-0.2, 0) is 4.79 Å². The van der Waals surface area contributed by atoms with Gasteiger partial charge in [0.25, 0.3) is 0 Å². The van der Waals surface area contributed by atoms with E-state index in [0.717, 1.165) is 6.42 Å². The van der Waals surface area contributed by atoms with E-state index < -0.39 is 12.0 Å². The molecule has 0 fully saturated rings. The van der Waals surface area contributed by atoms with Crippen molar-refractivity contribution in [2.24, 2.45) is 5.73 Å². The van der Waals surface area contributed by atoms with Gasteiger partial charge >= 0.3 is 5.97 Å². The van der Waals surface area contributed by atoms with E-state index in [1.54, 1.807) is 6.08 Å². The van der Waals surface area contributed by atoms with Crippen molar-refractivity contribution in [3.05, 3.63) is 12.2 Å². The Morgan fingerprint density at radius 1 is 1.70 bits per heavy atom. The summed E-state index contributed by atoms with van der Waals surface area (Å²) in [5, 5.41) is 8.32. The molecule has 0 aliphatic rings. The Kier molecular flexibility index (Phi) is 4.58. The third-order valence-corrected chi connectivity index (χ3v) is 1.11. The van der Waals surface area contributed by atoms with E-state index in [9.17, 15) is 4.79 Å². The van der Waals surface area contributed by atoms with Crippen LogP contribution in [-0.4, -0.2) is 17.1 Å². The fourth-order valence-corrected chi connectivity index (χ4v) is 0.510. The number of allylic oxidation sites excluding steroid dienone is 1. The molecule has 0 heterocycles. The van der Waals surface area contributed by atoms with Crippen LogP contribution in [0.25, 0.3) is 0 Å². The Hall–Kier alpha value is -0.830. The number of nitrogens with two attached hydrogens (primary N) is 1. The topological polar surface area (TPSA) is 63.3 Å². The molecule has 0 unspecified atom stereocenters. The molecule has 0 aromatic carbocycles. The van der Waals surface area contributed by atoms with Gasteiger partial charge in [-0.15, -0.1) is 0 Å².